The van der Waals surface area contributed by atoms with Gasteiger partial charge in [0.05, 0.1) is 6.10 Å². The minimum atomic E-state index is -0.324. The Morgan fingerprint density at radius 3 is 2.60 bits per heavy atom. The van der Waals surface area contributed by atoms with Gasteiger partial charge in [-0.1, -0.05) is 42.0 Å². The molecule has 1 heteroatoms. The van der Waals surface area contributed by atoms with Gasteiger partial charge >= 0.3 is 0 Å². The van der Waals surface area contributed by atoms with Crippen molar-refractivity contribution in [1.82, 2.24) is 0 Å². The zero-order valence-electron chi connectivity index (χ0n) is 9.02. The predicted molar refractivity (Wildman–Crippen MR) is 62.6 cm³/mol. The number of benzene rings is 1. The van der Waals surface area contributed by atoms with E-state index in [-0.39, 0.29) is 6.10 Å². The topological polar surface area (TPSA) is 20.2 Å². The number of allylic oxidation sites excluding steroid dienone is 1. The highest BCUT2D eigenvalue weighted by molar-refractivity contribution is 5.20. The van der Waals surface area contributed by atoms with Crippen molar-refractivity contribution in [3.63, 3.8) is 0 Å². The molecule has 0 heterocycles. The maximum absolute atomic E-state index is 10.0. The Morgan fingerprint density at radius 2 is 1.93 bits per heavy atom. The van der Waals surface area contributed by atoms with E-state index in [0.29, 0.717) is 0 Å². The Morgan fingerprint density at radius 1 is 1.13 bits per heavy atom. The fourth-order valence-corrected chi connectivity index (χ4v) is 2.13. The molecule has 1 aliphatic rings. The molecule has 1 atom stereocenters. The van der Waals surface area contributed by atoms with Crippen LogP contribution in [0.1, 0.15) is 43.8 Å². The summed E-state index contributed by atoms with van der Waals surface area (Å²) in [4.78, 5) is 0. The molecule has 15 heavy (non-hydrogen) atoms. The Bertz CT molecular complexity index is 326. The molecule has 0 bridgehead atoms. The third-order valence-electron chi connectivity index (χ3n) is 3.02. The van der Waals surface area contributed by atoms with Crippen molar-refractivity contribution in [2.45, 2.75) is 38.2 Å². The summed E-state index contributed by atoms with van der Waals surface area (Å²) in [7, 11) is 0. The van der Waals surface area contributed by atoms with Crippen LogP contribution in [-0.2, 0) is 0 Å². The maximum atomic E-state index is 10.0. The van der Waals surface area contributed by atoms with Crippen molar-refractivity contribution in [1.29, 1.82) is 0 Å². The standard InChI is InChI=1S/C14H18O/c15-14(13-9-5-2-6-10-13)11-12-7-3-1-4-8-12/h2,5-7,9-10,14-15H,1,3-4,8,11H2. The first-order valence-electron chi connectivity index (χ1n) is 5.77. The predicted octanol–water partition coefficient (Wildman–Crippen LogP) is 3.61. The van der Waals surface area contributed by atoms with Crippen LogP contribution < -0.4 is 0 Å². The summed E-state index contributed by atoms with van der Waals surface area (Å²) in [5, 5.41) is 10.0. The Labute approximate surface area is 91.4 Å². The molecule has 0 saturated carbocycles. The second-order valence-corrected chi connectivity index (χ2v) is 4.24. The van der Waals surface area contributed by atoms with Crippen LogP contribution in [0.25, 0.3) is 0 Å². The fourth-order valence-electron chi connectivity index (χ4n) is 2.13. The molecule has 1 aromatic carbocycles. The van der Waals surface area contributed by atoms with Gasteiger partial charge in [0.15, 0.2) is 0 Å². The van der Waals surface area contributed by atoms with Crippen molar-refractivity contribution in [2.75, 3.05) is 0 Å². The normalized spacial score (nSPS) is 18.3. The van der Waals surface area contributed by atoms with E-state index in [1.54, 1.807) is 0 Å². The summed E-state index contributed by atoms with van der Waals surface area (Å²) in [5.74, 6) is 0. The van der Waals surface area contributed by atoms with Crippen LogP contribution in [0.4, 0.5) is 0 Å². The van der Waals surface area contributed by atoms with Gasteiger partial charge in [0.1, 0.15) is 0 Å². The first kappa shape index (κ1) is 10.4. The molecule has 0 saturated heterocycles. The van der Waals surface area contributed by atoms with Gasteiger partial charge in [0.2, 0.25) is 0 Å². The van der Waals surface area contributed by atoms with Gasteiger partial charge in [-0.2, -0.15) is 0 Å². The Hall–Kier alpha value is -1.08. The molecule has 0 amide bonds. The van der Waals surface area contributed by atoms with E-state index in [1.165, 1.54) is 31.3 Å². The first-order valence-corrected chi connectivity index (χ1v) is 5.77. The molecule has 0 spiro atoms. The summed E-state index contributed by atoms with van der Waals surface area (Å²) in [6.45, 7) is 0. The molecule has 1 aromatic rings. The highest BCUT2D eigenvalue weighted by Crippen LogP contribution is 2.27. The highest BCUT2D eigenvalue weighted by atomic mass is 16.3. The van der Waals surface area contributed by atoms with E-state index in [0.717, 1.165) is 12.0 Å². The van der Waals surface area contributed by atoms with E-state index in [9.17, 15) is 5.11 Å². The lowest BCUT2D eigenvalue weighted by molar-refractivity contribution is 0.176. The smallest absolute Gasteiger partial charge is 0.0827 e. The third kappa shape index (κ3) is 2.93. The second kappa shape index (κ2) is 5.13. The van der Waals surface area contributed by atoms with Gasteiger partial charge in [0.25, 0.3) is 0 Å². The largest absolute Gasteiger partial charge is 0.388 e. The van der Waals surface area contributed by atoms with Gasteiger partial charge in [-0.15, -0.1) is 0 Å². The summed E-state index contributed by atoms with van der Waals surface area (Å²) in [6.07, 6.45) is 7.74. The van der Waals surface area contributed by atoms with E-state index >= 15 is 0 Å². The van der Waals surface area contributed by atoms with Crippen molar-refractivity contribution in [3.05, 3.63) is 47.5 Å². The third-order valence-corrected chi connectivity index (χ3v) is 3.02. The molecule has 1 aliphatic carbocycles. The summed E-state index contributed by atoms with van der Waals surface area (Å²) < 4.78 is 0. The van der Waals surface area contributed by atoms with Crippen LogP contribution in [0.5, 0.6) is 0 Å². The number of rotatable bonds is 3. The molecule has 0 fully saturated rings. The van der Waals surface area contributed by atoms with Crippen molar-refractivity contribution < 1.29 is 5.11 Å². The molecule has 1 nitrogen and oxygen atoms in total. The van der Waals surface area contributed by atoms with Crippen molar-refractivity contribution in [2.24, 2.45) is 0 Å². The molecule has 1 unspecified atom stereocenters. The van der Waals surface area contributed by atoms with Crippen LogP contribution >= 0.6 is 0 Å². The lowest BCUT2D eigenvalue weighted by Crippen LogP contribution is -2.01. The summed E-state index contributed by atoms with van der Waals surface area (Å²) >= 11 is 0. The van der Waals surface area contributed by atoms with Gasteiger partial charge in [0, 0.05) is 0 Å². The first-order chi connectivity index (χ1) is 7.36. The average molecular weight is 202 g/mol. The lowest BCUT2D eigenvalue weighted by atomic mass is 9.93. The van der Waals surface area contributed by atoms with Crippen molar-refractivity contribution in [3.8, 4) is 0 Å². The number of hydrogen-bond acceptors (Lipinski definition) is 1. The highest BCUT2D eigenvalue weighted by Gasteiger charge is 2.11. The number of aliphatic hydroxyl groups is 1. The van der Waals surface area contributed by atoms with E-state index in [1.807, 2.05) is 30.3 Å². The van der Waals surface area contributed by atoms with Crippen LogP contribution in [-0.4, -0.2) is 5.11 Å². The number of aliphatic hydroxyl groups excluding tert-OH is 1. The minimum Gasteiger partial charge on any atom is -0.388 e. The fraction of sp³-hybridized carbons (Fsp3) is 0.429. The van der Waals surface area contributed by atoms with Crippen molar-refractivity contribution >= 4 is 0 Å². The monoisotopic (exact) mass is 202 g/mol. The van der Waals surface area contributed by atoms with Crippen LogP contribution in [0.2, 0.25) is 0 Å². The summed E-state index contributed by atoms with van der Waals surface area (Å²) in [5.41, 5.74) is 2.46. The summed E-state index contributed by atoms with van der Waals surface area (Å²) in [6, 6.07) is 9.93. The van der Waals surface area contributed by atoms with Crippen LogP contribution in [0.15, 0.2) is 42.0 Å². The zero-order valence-corrected chi connectivity index (χ0v) is 9.02. The molecule has 0 aliphatic heterocycles. The molecular formula is C14H18O. The quantitative estimate of drug-likeness (QED) is 0.742. The van der Waals surface area contributed by atoms with Crippen LogP contribution in [0, 0.1) is 0 Å². The van der Waals surface area contributed by atoms with E-state index < -0.39 is 0 Å². The van der Waals surface area contributed by atoms with Gasteiger partial charge in [-0.3, -0.25) is 0 Å². The van der Waals surface area contributed by atoms with Gasteiger partial charge in [-0.05, 0) is 37.7 Å². The van der Waals surface area contributed by atoms with E-state index in [4.69, 9.17) is 0 Å². The second-order valence-electron chi connectivity index (χ2n) is 4.24. The average Bonchev–Trinajstić information content (AvgIpc) is 2.31. The lowest BCUT2D eigenvalue weighted by Gasteiger charge is -2.16. The van der Waals surface area contributed by atoms with E-state index in [2.05, 4.69) is 6.08 Å². The maximum Gasteiger partial charge on any atom is 0.0827 e. The molecule has 0 radical (unpaired) electrons. The Kier molecular flexibility index (Phi) is 3.57. The van der Waals surface area contributed by atoms with Gasteiger partial charge < -0.3 is 5.11 Å². The number of hydrogen-bond donors (Lipinski definition) is 1. The molecule has 80 valence electrons. The van der Waals surface area contributed by atoms with Crippen LogP contribution in [0.3, 0.4) is 0 Å². The molecule has 1 N–H and O–H groups in total. The zero-order chi connectivity index (χ0) is 10.5. The Balaban J connectivity index is 1.97. The molecule has 0 aromatic heterocycles. The molecular weight excluding hydrogens is 184 g/mol. The molecule has 2 rings (SSSR count). The SMILES string of the molecule is OC(CC1=CCCCC1)c1ccccc1. The van der Waals surface area contributed by atoms with Gasteiger partial charge in [-0.25, -0.2) is 0 Å². The minimum absolute atomic E-state index is 0.324.